The highest BCUT2D eigenvalue weighted by Crippen LogP contribution is 2.17. The van der Waals surface area contributed by atoms with Gasteiger partial charge in [0.1, 0.15) is 0 Å². The van der Waals surface area contributed by atoms with Crippen LogP contribution in [0.5, 0.6) is 0 Å². The van der Waals surface area contributed by atoms with Gasteiger partial charge in [0.2, 0.25) is 17.7 Å². The normalized spacial score (nSPS) is 11.4. The molecule has 6 heteroatoms. The van der Waals surface area contributed by atoms with E-state index in [9.17, 15) is 14.4 Å². The Morgan fingerprint density at radius 3 is 2.21 bits per heavy atom. The highest BCUT2D eigenvalue weighted by molar-refractivity contribution is 5.85. The fourth-order valence-corrected chi connectivity index (χ4v) is 2.79. The lowest BCUT2D eigenvalue weighted by molar-refractivity contribution is -0.127. The van der Waals surface area contributed by atoms with Crippen LogP contribution in [0.2, 0.25) is 0 Å². The van der Waals surface area contributed by atoms with Crippen molar-refractivity contribution in [1.29, 1.82) is 0 Å². The summed E-state index contributed by atoms with van der Waals surface area (Å²) in [5, 5.41) is 8.19. The van der Waals surface area contributed by atoms with E-state index in [0.29, 0.717) is 6.54 Å². The van der Waals surface area contributed by atoms with E-state index in [-0.39, 0.29) is 30.7 Å². The van der Waals surface area contributed by atoms with Crippen molar-refractivity contribution in [3.8, 4) is 0 Å². The van der Waals surface area contributed by atoms with E-state index in [0.717, 1.165) is 23.1 Å². The highest BCUT2D eigenvalue weighted by Gasteiger charge is 2.17. The molecule has 0 bridgehead atoms. The molecule has 3 amide bonds. The second-order valence-corrected chi connectivity index (χ2v) is 6.73. The number of benzene rings is 2. The van der Waals surface area contributed by atoms with Gasteiger partial charge >= 0.3 is 0 Å². The van der Waals surface area contributed by atoms with Gasteiger partial charge in [0.15, 0.2) is 0 Å². The van der Waals surface area contributed by atoms with Crippen molar-refractivity contribution < 1.29 is 14.4 Å². The summed E-state index contributed by atoms with van der Waals surface area (Å²) in [5.74, 6) is -0.745. The number of hydrogen-bond acceptors (Lipinski definition) is 3. The number of hydrogen-bond donors (Lipinski definition) is 3. The largest absolute Gasteiger partial charge is 0.354 e. The summed E-state index contributed by atoms with van der Waals surface area (Å²) in [7, 11) is 0. The van der Waals surface area contributed by atoms with Crippen molar-refractivity contribution >= 4 is 17.7 Å². The van der Waals surface area contributed by atoms with Gasteiger partial charge < -0.3 is 16.0 Å². The SMILES string of the molecule is CC(=O)NC(CC(=O)NCC(=O)NCCc1ccccc1)c1ccc(C)cc1. The van der Waals surface area contributed by atoms with Crippen molar-refractivity contribution in [3.63, 3.8) is 0 Å². The monoisotopic (exact) mass is 381 g/mol. The minimum absolute atomic E-state index is 0.0694. The zero-order valence-electron chi connectivity index (χ0n) is 16.3. The van der Waals surface area contributed by atoms with Gasteiger partial charge in [-0.1, -0.05) is 60.2 Å². The lowest BCUT2D eigenvalue weighted by Gasteiger charge is -2.18. The van der Waals surface area contributed by atoms with Crippen molar-refractivity contribution in [3.05, 3.63) is 71.3 Å². The molecule has 2 aromatic carbocycles. The molecule has 0 aromatic heterocycles. The van der Waals surface area contributed by atoms with E-state index >= 15 is 0 Å². The Kier molecular flexibility index (Phi) is 8.21. The van der Waals surface area contributed by atoms with Gasteiger partial charge in [-0.05, 0) is 24.5 Å². The Hall–Kier alpha value is -3.15. The van der Waals surface area contributed by atoms with Crippen LogP contribution in [0.25, 0.3) is 0 Å². The first kappa shape index (κ1) is 21.2. The summed E-state index contributed by atoms with van der Waals surface area (Å²) in [6.07, 6.45) is 0.804. The van der Waals surface area contributed by atoms with Gasteiger partial charge in [-0.3, -0.25) is 14.4 Å². The van der Waals surface area contributed by atoms with Gasteiger partial charge in [-0.25, -0.2) is 0 Å². The standard InChI is InChI=1S/C22H27N3O3/c1-16-8-10-19(11-9-16)20(25-17(2)26)14-21(27)24-15-22(28)23-13-12-18-6-4-3-5-7-18/h3-11,20H,12-15H2,1-2H3,(H,23,28)(H,24,27)(H,25,26). The zero-order valence-corrected chi connectivity index (χ0v) is 16.3. The molecular weight excluding hydrogens is 354 g/mol. The van der Waals surface area contributed by atoms with Crippen LogP contribution in [0.4, 0.5) is 0 Å². The Balaban J connectivity index is 1.77. The molecular formula is C22H27N3O3. The van der Waals surface area contributed by atoms with Crippen molar-refractivity contribution in [2.75, 3.05) is 13.1 Å². The summed E-state index contributed by atoms with van der Waals surface area (Å²) < 4.78 is 0. The lowest BCUT2D eigenvalue weighted by atomic mass is 10.0. The number of amides is 3. The zero-order chi connectivity index (χ0) is 20.4. The van der Waals surface area contributed by atoms with Crippen LogP contribution in [-0.4, -0.2) is 30.8 Å². The molecule has 0 spiro atoms. The van der Waals surface area contributed by atoms with Crippen LogP contribution in [0.1, 0.15) is 36.1 Å². The summed E-state index contributed by atoms with van der Waals surface area (Å²) in [6, 6.07) is 17.1. The quantitative estimate of drug-likeness (QED) is 0.621. The number of aryl methyl sites for hydroxylation is 1. The van der Waals surface area contributed by atoms with E-state index in [1.54, 1.807) is 0 Å². The van der Waals surface area contributed by atoms with Crippen LogP contribution in [0.15, 0.2) is 54.6 Å². The van der Waals surface area contributed by atoms with Crippen LogP contribution < -0.4 is 16.0 Å². The topological polar surface area (TPSA) is 87.3 Å². The maximum atomic E-state index is 12.2. The maximum Gasteiger partial charge on any atom is 0.239 e. The Morgan fingerprint density at radius 2 is 1.57 bits per heavy atom. The minimum atomic E-state index is -0.431. The lowest BCUT2D eigenvalue weighted by Crippen LogP contribution is -2.39. The van der Waals surface area contributed by atoms with E-state index in [1.807, 2.05) is 61.5 Å². The van der Waals surface area contributed by atoms with Crippen molar-refractivity contribution in [1.82, 2.24) is 16.0 Å². The van der Waals surface area contributed by atoms with Gasteiger partial charge in [0.25, 0.3) is 0 Å². The molecule has 0 aliphatic carbocycles. The summed E-state index contributed by atoms with van der Waals surface area (Å²) in [6.45, 7) is 3.81. The summed E-state index contributed by atoms with van der Waals surface area (Å²) >= 11 is 0. The number of rotatable bonds is 9. The Morgan fingerprint density at radius 1 is 0.893 bits per heavy atom. The van der Waals surface area contributed by atoms with Crippen LogP contribution in [0.3, 0.4) is 0 Å². The average Bonchev–Trinajstić information content (AvgIpc) is 2.67. The predicted molar refractivity (Wildman–Crippen MR) is 109 cm³/mol. The predicted octanol–water partition coefficient (Wildman–Crippen LogP) is 2.04. The van der Waals surface area contributed by atoms with Gasteiger partial charge in [0, 0.05) is 13.5 Å². The molecule has 0 heterocycles. The highest BCUT2D eigenvalue weighted by atomic mass is 16.2. The van der Waals surface area contributed by atoms with E-state index in [1.165, 1.54) is 6.92 Å². The molecule has 148 valence electrons. The maximum absolute atomic E-state index is 12.2. The summed E-state index contributed by atoms with van der Waals surface area (Å²) in [4.78, 5) is 35.6. The minimum Gasteiger partial charge on any atom is -0.354 e. The number of nitrogens with one attached hydrogen (secondary N) is 3. The van der Waals surface area contributed by atoms with Crippen molar-refractivity contribution in [2.45, 2.75) is 32.7 Å². The number of carbonyl (C=O) groups excluding carboxylic acids is 3. The molecule has 6 nitrogen and oxygen atoms in total. The molecule has 0 radical (unpaired) electrons. The Labute approximate surface area is 165 Å². The van der Waals surface area contributed by atoms with Crippen LogP contribution in [-0.2, 0) is 20.8 Å². The fraction of sp³-hybridized carbons (Fsp3) is 0.318. The Bertz CT molecular complexity index is 788. The van der Waals surface area contributed by atoms with Gasteiger partial charge in [0.05, 0.1) is 19.0 Å². The molecule has 0 fully saturated rings. The molecule has 0 saturated carbocycles. The second kappa shape index (κ2) is 10.9. The molecule has 28 heavy (non-hydrogen) atoms. The van der Waals surface area contributed by atoms with E-state index in [4.69, 9.17) is 0 Å². The first-order valence-electron chi connectivity index (χ1n) is 9.35. The van der Waals surface area contributed by atoms with Crippen LogP contribution >= 0.6 is 0 Å². The molecule has 1 atom stereocenters. The van der Waals surface area contributed by atoms with Crippen molar-refractivity contribution in [2.24, 2.45) is 0 Å². The first-order valence-corrected chi connectivity index (χ1v) is 9.35. The molecule has 0 aliphatic heterocycles. The van der Waals surface area contributed by atoms with E-state index in [2.05, 4.69) is 16.0 Å². The molecule has 0 aliphatic rings. The smallest absolute Gasteiger partial charge is 0.239 e. The van der Waals surface area contributed by atoms with Gasteiger partial charge in [-0.2, -0.15) is 0 Å². The molecule has 1 unspecified atom stereocenters. The average molecular weight is 381 g/mol. The van der Waals surface area contributed by atoms with Crippen LogP contribution in [0, 0.1) is 6.92 Å². The third kappa shape index (κ3) is 7.61. The molecule has 2 aromatic rings. The second-order valence-electron chi connectivity index (χ2n) is 6.73. The third-order valence-electron chi connectivity index (χ3n) is 4.27. The molecule has 2 rings (SSSR count). The first-order chi connectivity index (χ1) is 13.4. The third-order valence-corrected chi connectivity index (χ3v) is 4.27. The van der Waals surface area contributed by atoms with Gasteiger partial charge in [-0.15, -0.1) is 0 Å². The fourth-order valence-electron chi connectivity index (χ4n) is 2.79. The molecule has 3 N–H and O–H groups in total. The van der Waals surface area contributed by atoms with E-state index < -0.39 is 6.04 Å². The molecule has 0 saturated heterocycles. The summed E-state index contributed by atoms with van der Waals surface area (Å²) in [5.41, 5.74) is 3.09. The number of carbonyl (C=O) groups is 3.